The highest BCUT2D eigenvalue weighted by Gasteiger charge is 2.05. The number of carbonyl (C=O) groups excluding carboxylic acids is 1. The van der Waals surface area contributed by atoms with Crippen molar-refractivity contribution in [3.05, 3.63) is 36.4 Å². The molecule has 0 unspecified atom stereocenters. The molecule has 14 heavy (non-hydrogen) atoms. The van der Waals surface area contributed by atoms with E-state index in [-0.39, 0.29) is 7.33 Å². The molecule has 0 bridgehead atoms. The summed E-state index contributed by atoms with van der Waals surface area (Å²) >= 11 is 0. The fraction of sp³-hybridized carbons (Fsp3) is 0.417. The molecule has 80 valence electrons. The Kier molecular flexibility index (Phi) is 8.86. The van der Waals surface area contributed by atoms with Crippen molar-refractivity contribution in [2.75, 3.05) is 6.54 Å². The van der Waals surface area contributed by atoms with Gasteiger partial charge in [-0.3, -0.25) is 4.79 Å². The van der Waals surface area contributed by atoms with E-state index in [1.807, 2.05) is 50.2 Å². The van der Waals surface area contributed by atoms with E-state index < -0.39 is 0 Å². The van der Waals surface area contributed by atoms with Crippen LogP contribution in [0.15, 0.2) is 36.4 Å². The summed E-state index contributed by atoms with van der Waals surface area (Å²) in [5, 5.41) is 2.68. The van der Waals surface area contributed by atoms with Crippen LogP contribution < -0.4 is 5.32 Å². The molecule has 0 aliphatic carbocycles. The van der Waals surface area contributed by atoms with E-state index >= 15 is 0 Å². The van der Waals surface area contributed by atoms with E-state index in [1.54, 1.807) is 0 Å². The molecule has 0 atom stereocenters. The van der Waals surface area contributed by atoms with Gasteiger partial charge in [-0.1, -0.05) is 50.2 Å². The summed E-state index contributed by atoms with van der Waals surface area (Å²) in [5.41, 5.74) is 0. The normalized spacial score (nSPS) is 12.9. The predicted octanol–water partition coefficient (Wildman–Crippen LogP) is 2.86. The van der Waals surface area contributed by atoms with Gasteiger partial charge in [0.2, 0.25) is 5.91 Å². The van der Waals surface area contributed by atoms with Gasteiger partial charge in [0.05, 0.1) is 0 Å². The first-order chi connectivity index (χ1) is 6.89. The van der Waals surface area contributed by atoms with Crippen molar-refractivity contribution in [3.8, 4) is 0 Å². The largest absolute Gasteiger partial charge is 0.356 e. The van der Waals surface area contributed by atoms with Gasteiger partial charge in [-0.15, -0.1) is 0 Å². The van der Waals surface area contributed by atoms with Crippen molar-refractivity contribution in [1.82, 2.24) is 5.32 Å². The smallest absolute Gasteiger partial charge is 0.220 e. The second-order valence-corrected chi connectivity index (χ2v) is 2.61. The Morgan fingerprint density at radius 2 is 1.50 bits per heavy atom. The first-order valence-corrected chi connectivity index (χ1v) is 5.16. The van der Waals surface area contributed by atoms with Gasteiger partial charge in [0.15, 0.2) is 0 Å². The molecule has 1 amide bonds. The van der Waals surface area contributed by atoms with Gasteiger partial charge in [-0.2, -0.15) is 0 Å². The van der Waals surface area contributed by atoms with Crippen LogP contribution in [0.1, 0.15) is 28.1 Å². The summed E-state index contributed by atoms with van der Waals surface area (Å²) in [7, 11) is 0. The summed E-state index contributed by atoms with van der Waals surface area (Å²) < 4.78 is 0. The third-order valence-corrected chi connectivity index (χ3v) is 1.57. The van der Waals surface area contributed by atoms with Gasteiger partial charge < -0.3 is 5.32 Å². The maximum Gasteiger partial charge on any atom is 0.220 e. The van der Waals surface area contributed by atoms with E-state index in [4.69, 9.17) is 0 Å². The first-order valence-electron chi connectivity index (χ1n) is 5.16. The molecular formula is C12H21NO. The zero-order valence-electron chi connectivity index (χ0n) is 8.99. The Bertz CT molecular complexity index is 192. The van der Waals surface area contributed by atoms with Gasteiger partial charge in [0.1, 0.15) is 0 Å². The third-order valence-electron chi connectivity index (χ3n) is 1.57. The highest BCUT2D eigenvalue weighted by molar-refractivity contribution is 5.77. The lowest BCUT2D eigenvalue weighted by Crippen LogP contribution is -2.12. The molecule has 1 heterocycles. The fourth-order valence-corrected chi connectivity index (χ4v) is 0.950. The van der Waals surface area contributed by atoms with Gasteiger partial charge in [-0.25, -0.2) is 0 Å². The average molecular weight is 195 g/mol. The second-order valence-electron chi connectivity index (χ2n) is 2.61. The molecule has 0 saturated carbocycles. The molecule has 1 fully saturated rings. The molecule has 1 saturated heterocycles. The van der Waals surface area contributed by atoms with Crippen LogP contribution in [0, 0.1) is 0 Å². The molecule has 0 radical (unpaired) electrons. The standard InChI is InChI=1S/C6H6.C4H7NO.C2H6.H2/c1-2-4-6-5-3-1;6-4-2-1-3-5-4;1-2;/h1-6H;1-3H2,(H,5,6);1-2H3;1H. The minimum atomic E-state index is 0. The highest BCUT2D eigenvalue weighted by atomic mass is 16.1. The molecule has 1 aromatic carbocycles. The Hall–Kier alpha value is -1.31. The number of rotatable bonds is 0. The van der Waals surface area contributed by atoms with Crippen molar-refractivity contribution in [1.29, 1.82) is 0 Å². The van der Waals surface area contributed by atoms with Crippen LogP contribution in [0.3, 0.4) is 0 Å². The molecule has 1 N–H and O–H groups in total. The summed E-state index contributed by atoms with van der Waals surface area (Å²) in [6, 6.07) is 12.0. The van der Waals surface area contributed by atoms with Crippen LogP contribution in [0.25, 0.3) is 0 Å². The monoisotopic (exact) mass is 195 g/mol. The number of carbonyl (C=O) groups is 1. The van der Waals surface area contributed by atoms with E-state index in [2.05, 4.69) is 5.32 Å². The van der Waals surface area contributed by atoms with Crippen molar-refractivity contribution in [2.24, 2.45) is 0 Å². The molecule has 2 rings (SSSR count). The Morgan fingerprint density at radius 3 is 1.64 bits per heavy atom. The van der Waals surface area contributed by atoms with E-state index in [1.165, 1.54) is 0 Å². The lowest BCUT2D eigenvalue weighted by molar-refractivity contribution is -0.119. The van der Waals surface area contributed by atoms with Crippen LogP contribution >= 0.6 is 0 Å². The molecular weight excluding hydrogens is 174 g/mol. The minimum Gasteiger partial charge on any atom is -0.356 e. The SMILES string of the molecule is CC.O=C1CCCN1.[HH].c1ccccc1. The van der Waals surface area contributed by atoms with Crippen LogP contribution in [0.4, 0.5) is 0 Å². The maximum atomic E-state index is 10.1. The predicted molar refractivity (Wildman–Crippen MR) is 62.1 cm³/mol. The Balaban J connectivity index is 0. The van der Waals surface area contributed by atoms with Crippen molar-refractivity contribution < 1.29 is 6.22 Å². The van der Waals surface area contributed by atoms with Crippen LogP contribution in [0.2, 0.25) is 0 Å². The van der Waals surface area contributed by atoms with Crippen molar-refractivity contribution >= 4 is 5.91 Å². The zero-order chi connectivity index (χ0) is 10.6. The second kappa shape index (κ2) is 9.78. The van der Waals surface area contributed by atoms with Gasteiger partial charge in [0.25, 0.3) is 0 Å². The van der Waals surface area contributed by atoms with Crippen LogP contribution in [0.5, 0.6) is 0 Å². The van der Waals surface area contributed by atoms with Crippen molar-refractivity contribution in [2.45, 2.75) is 26.7 Å². The minimum absolute atomic E-state index is 0. The molecule has 2 heteroatoms. The molecule has 1 aliphatic rings. The topological polar surface area (TPSA) is 29.1 Å². The fourth-order valence-electron chi connectivity index (χ4n) is 0.950. The molecule has 2 nitrogen and oxygen atoms in total. The summed E-state index contributed by atoms with van der Waals surface area (Å²) in [6.45, 7) is 4.89. The van der Waals surface area contributed by atoms with Gasteiger partial charge in [0, 0.05) is 14.4 Å². The van der Waals surface area contributed by atoms with E-state index in [9.17, 15) is 4.79 Å². The summed E-state index contributed by atoms with van der Waals surface area (Å²) in [6.07, 6.45) is 1.76. The number of hydrogen-bond acceptors (Lipinski definition) is 1. The number of amides is 1. The zero-order valence-corrected chi connectivity index (χ0v) is 8.99. The maximum absolute atomic E-state index is 10.1. The van der Waals surface area contributed by atoms with Crippen LogP contribution in [-0.2, 0) is 4.79 Å². The highest BCUT2D eigenvalue weighted by Crippen LogP contribution is 1.93. The van der Waals surface area contributed by atoms with Crippen molar-refractivity contribution in [3.63, 3.8) is 0 Å². The molecule has 0 aromatic heterocycles. The lowest BCUT2D eigenvalue weighted by atomic mass is 10.4. The molecule has 1 aliphatic heterocycles. The Labute approximate surface area is 87.8 Å². The van der Waals surface area contributed by atoms with E-state index in [0.29, 0.717) is 0 Å². The summed E-state index contributed by atoms with van der Waals surface area (Å²) in [4.78, 5) is 10.1. The van der Waals surface area contributed by atoms with Crippen LogP contribution in [-0.4, -0.2) is 12.5 Å². The van der Waals surface area contributed by atoms with Gasteiger partial charge >= 0.3 is 0 Å². The molecule has 1 aromatic rings. The van der Waals surface area contributed by atoms with Gasteiger partial charge in [-0.05, 0) is 6.42 Å². The number of hydrogen-bond donors (Lipinski definition) is 1. The first kappa shape index (κ1) is 12.7. The molecule has 0 spiro atoms. The lowest BCUT2D eigenvalue weighted by Gasteiger charge is -1.80. The number of nitrogens with one attached hydrogen (secondary N) is 1. The number of benzene rings is 1. The Morgan fingerprint density at radius 1 is 1.07 bits per heavy atom. The third kappa shape index (κ3) is 7.35. The summed E-state index contributed by atoms with van der Waals surface area (Å²) in [5.74, 6) is 0.204. The van der Waals surface area contributed by atoms with E-state index in [0.717, 1.165) is 19.4 Å². The average Bonchev–Trinajstić information content (AvgIpc) is 2.76. The quantitative estimate of drug-likeness (QED) is 0.677.